The molecule has 1 aliphatic rings. The van der Waals surface area contributed by atoms with Crippen LogP contribution in [0.2, 0.25) is 0 Å². The summed E-state index contributed by atoms with van der Waals surface area (Å²) in [5.74, 6) is 0.999. The van der Waals surface area contributed by atoms with Gasteiger partial charge in [-0.05, 0) is 18.1 Å². The normalized spacial score (nSPS) is 16.0. The maximum Gasteiger partial charge on any atom is 0.212 e. The van der Waals surface area contributed by atoms with Crippen molar-refractivity contribution >= 4 is 22.7 Å². The minimum atomic E-state index is 0.0995. The van der Waals surface area contributed by atoms with Gasteiger partial charge in [0.2, 0.25) is 5.16 Å². The van der Waals surface area contributed by atoms with Crippen LogP contribution in [0, 0.1) is 0 Å². The predicted octanol–water partition coefficient (Wildman–Crippen LogP) is 4.73. The van der Waals surface area contributed by atoms with Gasteiger partial charge in [0.25, 0.3) is 0 Å². The largest absolute Gasteiger partial charge is 0.354 e. The monoisotopic (exact) mass is 361 g/mol. The molecule has 0 fully saturated rings. The highest BCUT2D eigenvalue weighted by Crippen LogP contribution is 2.45. The van der Waals surface area contributed by atoms with Crippen molar-refractivity contribution in [3.05, 3.63) is 66.0 Å². The molecule has 4 aromatic rings. The number of para-hydroxylation sites is 1. The zero-order valence-corrected chi connectivity index (χ0v) is 15.3. The highest BCUT2D eigenvalue weighted by Gasteiger charge is 2.31. The van der Waals surface area contributed by atoms with Gasteiger partial charge in [-0.2, -0.15) is 0 Å². The van der Waals surface area contributed by atoms with Gasteiger partial charge in [0.15, 0.2) is 5.82 Å². The third-order valence-corrected chi connectivity index (χ3v) is 5.77. The average molecular weight is 361 g/mol. The lowest BCUT2D eigenvalue weighted by Gasteiger charge is -2.14. The smallest absolute Gasteiger partial charge is 0.212 e. The lowest BCUT2D eigenvalue weighted by atomic mass is 10.1. The van der Waals surface area contributed by atoms with Crippen molar-refractivity contribution in [3.8, 4) is 11.3 Å². The predicted molar refractivity (Wildman–Crippen MR) is 106 cm³/mol. The molecule has 0 aliphatic carbocycles. The van der Waals surface area contributed by atoms with Gasteiger partial charge in [-0.1, -0.05) is 67.2 Å². The van der Waals surface area contributed by atoms with E-state index in [1.54, 1.807) is 11.8 Å². The molecule has 2 aromatic carbocycles. The van der Waals surface area contributed by atoms with Crippen LogP contribution in [0.15, 0.2) is 59.8 Å². The lowest BCUT2D eigenvalue weighted by molar-refractivity contribution is 0.716. The molecule has 0 saturated heterocycles. The zero-order valence-electron chi connectivity index (χ0n) is 14.4. The molecule has 1 atom stereocenters. The molecular weight excluding hydrogens is 342 g/mol. The molecule has 130 valence electrons. The Morgan fingerprint density at radius 3 is 2.69 bits per heavy atom. The number of rotatable bonds is 4. The number of hydrogen-bond acceptors (Lipinski definition) is 4. The number of benzene rings is 2. The van der Waals surface area contributed by atoms with Crippen LogP contribution < -0.4 is 5.43 Å². The molecule has 6 heteroatoms. The molecule has 5 nitrogen and oxygen atoms in total. The van der Waals surface area contributed by atoms with Crippen molar-refractivity contribution in [1.29, 1.82) is 0 Å². The van der Waals surface area contributed by atoms with Gasteiger partial charge < -0.3 is 10.4 Å². The van der Waals surface area contributed by atoms with Crippen molar-refractivity contribution < 1.29 is 0 Å². The van der Waals surface area contributed by atoms with E-state index in [0.29, 0.717) is 0 Å². The van der Waals surface area contributed by atoms with E-state index in [1.165, 1.54) is 16.5 Å². The number of hydrogen-bond donors (Lipinski definition) is 2. The molecule has 0 bridgehead atoms. The molecule has 0 spiro atoms. The molecule has 2 N–H and O–H groups in total. The van der Waals surface area contributed by atoms with Gasteiger partial charge in [-0.3, -0.25) is 0 Å². The summed E-state index contributed by atoms with van der Waals surface area (Å²) in [6, 6.07) is 19.0. The Hall–Kier alpha value is -2.73. The first-order valence-electron chi connectivity index (χ1n) is 8.88. The topological polar surface area (TPSA) is 58.5 Å². The molecule has 2 aromatic heterocycles. The second-order valence-electron chi connectivity index (χ2n) is 6.44. The van der Waals surface area contributed by atoms with Gasteiger partial charge in [0.1, 0.15) is 5.37 Å². The Bertz CT molecular complexity index is 1070. The zero-order chi connectivity index (χ0) is 17.5. The Kier molecular flexibility index (Phi) is 3.71. The second-order valence-corrected chi connectivity index (χ2v) is 7.51. The third-order valence-electron chi connectivity index (χ3n) is 4.71. The van der Waals surface area contributed by atoms with Gasteiger partial charge in [0.05, 0.1) is 5.69 Å². The minimum Gasteiger partial charge on any atom is -0.354 e. The van der Waals surface area contributed by atoms with Crippen molar-refractivity contribution in [2.45, 2.75) is 30.3 Å². The summed E-state index contributed by atoms with van der Waals surface area (Å²) in [5, 5.41) is 10.9. The molecular formula is C20H19N5S. The SMILES string of the molecule is CCCc1nnc2n1NC(c1c(-c3ccccc3)[nH]c3ccccc13)S2. The molecule has 26 heavy (non-hydrogen) atoms. The van der Waals surface area contributed by atoms with E-state index in [4.69, 9.17) is 0 Å². The summed E-state index contributed by atoms with van der Waals surface area (Å²) in [6.45, 7) is 2.16. The number of thioether (sulfide) groups is 1. The number of aromatic amines is 1. The standard InChI is InChI=1S/C20H19N5S/c1-2-8-16-22-23-20-25(16)24-19(26-20)17-14-11-6-7-12-15(14)21-18(17)13-9-4-3-5-10-13/h3-7,9-12,19,21,24H,2,8H2,1H3. The maximum absolute atomic E-state index is 4.36. The van der Waals surface area contributed by atoms with Gasteiger partial charge in [-0.25, -0.2) is 4.68 Å². The van der Waals surface area contributed by atoms with Crippen LogP contribution in [0.1, 0.15) is 30.1 Å². The van der Waals surface area contributed by atoms with Crippen LogP contribution >= 0.6 is 11.8 Å². The number of fused-ring (bicyclic) bond motifs is 2. The first-order valence-corrected chi connectivity index (χ1v) is 9.76. The van der Waals surface area contributed by atoms with E-state index in [9.17, 15) is 0 Å². The van der Waals surface area contributed by atoms with Crippen molar-refractivity contribution in [2.75, 3.05) is 5.43 Å². The van der Waals surface area contributed by atoms with Crippen LogP contribution in [0.4, 0.5) is 0 Å². The van der Waals surface area contributed by atoms with Crippen LogP contribution in [0.3, 0.4) is 0 Å². The Labute approximate surface area is 155 Å². The number of H-pyrrole nitrogens is 1. The molecule has 0 saturated carbocycles. The van der Waals surface area contributed by atoms with Crippen LogP contribution in [0.5, 0.6) is 0 Å². The summed E-state index contributed by atoms with van der Waals surface area (Å²) in [5.41, 5.74) is 8.38. The fourth-order valence-corrected chi connectivity index (χ4v) is 4.62. The van der Waals surface area contributed by atoms with E-state index in [1.807, 2.05) is 6.07 Å². The highest BCUT2D eigenvalue weighted by atomic mass is 32.2. The molecule has 1 aliphatic heterocycles. The van der Waals surface area contributed by atoms with Gasteiger partial charge in [-0.15, -0.1) is 10.2 Å². The second kappa shape index (κ2) is 6.21. The average Bonchev–Trinajstić information content (AvgIpc) is 3.35. The van der Waals surface area contributed by atoms with Crippen LogP contribution in [0.25, 0.3) is 22.2 Å². The van der Waals surface area contributed by atoms with Crippen LogP contribution in [-0.2, 0) is 6.42 Å². The van der Waals surface area contributed by atoms with E-state index >= 15 is 0 Å². The van der Waals surface area contributed by atoms with Crippen molar-refractivity contribution in [3.63, 3.8) is 0 Å². The summed E-state index contributed by atoms with van der Waals surface area (Å²) < 4.78 is 2.05. The van der Waals surface area contributed by atoms with E-state index in [0.717, 1.165) is 35.0 Å². The highest BCUT2D eigenvalue weighted by molar-refractivity contribution is 7.99. The van der Waals surface area contributed by atoms with E-state index in [-0.39, 0.29) is 5.37 Å². The summed E-state index contributed by atoms with van der Waals surface area (Å²) in [7, 11) is 0. The molecule has 0 radical (unpaired) electrons. The fourth-order valence-electron chi connectivity index (χ4n) is 3.53. The number of aryl methyl sites for hydroxylation is 1. The Morgan fingerprint density at radius 2 is 1.85 bits per heavy atom. The first kappa shape index (κ1) is 15.5. The van der Waals surface area contributed by atoms with Crippen molar-refractivity contribution in [1.82, 2.24) is 19.9 Å². The summed E-state index contributed by atoms with van der Waals surface area (Å²) in [4.78, 5) is 3.62. The van der Waals surface area contributed by atoms with Crippen LogP contribution in [-0.4, -0.2) is 19.9 Å². The van der Waals surface area contributed by atoms with E-state index < -0.39 is 0 Å². The Balaban J connectivity index is 1.63. The summed E-state index contributed by atoms with van der Waals surface area (Å²) >= 11 is 1.72. The molecule has 3 heterocycles. The lowest BCUT2D eigenvalue weighted by Crippen LogP contribution is -2.15. The molecule has 1 unspecified atom stereocenters. The van der Waals surface area contributed by atoms with Gasteiger partial charge >= 0.3 is 0 Å². The fraction of sp³-hybridized carbons (Fsp3) is 0.200. The first-order chi connectivity index (χ1) is 12.8. The maximum atomic E-state index is 4.36. The molecule has 0 amide bonds. The number of nitrogens with zero attached hydrogens (tertiary/aromatic N) is 3. The van der Waals surface area contributed by atoms with Gasteiger partial charge in [0, 0.05) is 22.9 Å². The van der Waals surface area contributed by atoms with Crippen molar-refractivity contribution in [2.24, 2.45) is 0 Å². The third kappa shape index (κ3) is 2.41. The summed E-state index contributed by atoms with van der Waals surface area (Å²) in [6.07, 6.45) is 1.98. The molecule has 5 rings (SSSR count). The Morgan fingerprint density at radius 1 is 1.04 bits per heavy atom. The number of aromatic nitrogens is 4. The number of nitrogens with one attached hydrogen (secondary N) is 2. The van der Waals surface area contributed by atoms with E-state index in [2.05, 4.69) is 80.7 Å². The minimum absolute atomic E-state index is 0.0995. The quantitative estimate of drug-likeness (QED) is 0.552.